The second-order valence-corrected chi connectivity index (χ2v) is 6.28. The third-order valence-corrected chi connectivity index (χ3v) is 4.60. The highest BCUT2D eigenvalue weighted by Crippen LogP contribution is 2.21. The zero-order valence-corrected chi connectivity index (χ0v) is 15.8. The first-order valence-corrected chi connectivity index (χ1v) is 8.39. The number of aryl methyl sites for hydroxylation is 1. The van der Waals surface area contributed by atoms with E-state index in [1.807, 2.05) is 13.0 Å². The highest BCUT2D eigenvalue weighted by molar-refractivity contribution is 14.1. The van der Waals surface area contributed by atoms with Gasteiger partial charge in [0.25, 0.3) is 5.91 Å². The molecule has 122 valence electrons. The van der Waals surface area contributed by atoms with E-state index in [-0.39, 0.29) is 5.91 Å². The Morgan fingerprint density at radius 3 is 2.74 bits per heavy atom. The van der Waals surface area contributed by atoms with E-state index in [9.17, 15) is 4.79 Å². The summed E-state index contributed by atoms with van der Waals surface area (Å²) in [6.07, 6.45) is 1.68. The molecule has 0 bridgehead atoms. The van der Waals surface area contributed by atoms with Gasteiger partial charge >= 0.3 is 0 Å². The van der Waals surface area contributed by atoms with Crippen molar-refractivity contribution < 1.29 is 9.53 Å². The highest BCUT2D eigenvalue weighted by Gasteiger charge is 2.09. The zero-order chi connectivity index (χ0) is 17.0. The molecule has 1 aromatic heterocycles. The fraction of sp³-hybridized carbons (Fsp3) is 0.294. The first-order chi connectivity index (χ1) is 11.0. The van der Waals surface area contributed by atoms with Crippen LogP contribution in [0.1, 0.15) is 34.2 Å². The van der Waals surface area contributed by atoms with Gasteiger partial charge in [0.2, 0.25) is 0 Å². The number of nitrogens with one attached hydrogen (secondary N) is 1. The van der Waals surface area contributed by atoms with Gasteiger partial charge < -0.3 is 9.30 Å². The van der Waals surface area contributed by atoms with Crippen LogP contribution in [-0.4, -0.2) is 23.8 Å². The van der Waals surface area contributed by atoms with Gasteiger partial charge in [0.15, 0.2) is 0 Å². The van der Waals surface area contributed by atoms with Crippen LogP contribution in [0.4, 0.5) is 0 Å². The van der Waals surface area contributed by atoms with Crippen LogP contribution in [0.15, 0.2) is 29.4 Å². The summed E-state index contributed by atoms with van der Waals surface area (Å²) in [5, 5.41) is 4.06. The minimum Gasteiger partial charge on any atom is -0.496 e. The van der Waals surface area contributed by atoms with Crippen molar-refractivity contribution in [2.24, 2.45) is 5.10 Å². The van der Waals surface area contributed by atoms with Crippen molar-refractivity contribution in [3.8, 4) is 5.75 Å². The molecule has 2 aromatic rings. The molecule has 0 aliphatic carbocycles. The van der Waals surface area contributed by atoms with Crippen molar-refractivity contribution in [1.29, 1.82) is 0 Å². The number of carbonyl (C=O) groups is 1. The molecule has 1 heterocycles. The molecule has 2 rings (SSSR count). The summed E-state index contributed by atoms with van der Waals surface area (Å²) in [5.74, 6) is 0.411. The lowest BCUT2D eigenvalue weighted by Crippen LogP contribution is -2.17. The number of hydrogen-bond donors (Lipinski definition) is 1. The number of ether oxygens (including phenoxy) is 1. The summed E-state index contributed by atoms with van der Waals surface area (Å²) >= 11 is 2.16. The summed E-state index contributed by atoms with van der Waals surface area (Å²) in [4.78, 5) is 12.1. The van der Waals surface area contributed by atoms with Crippen molar-refractivity contribution in [3.05, 3.63) is 50.4 Å². The molecule has 0 aliphatic rings. The van der Waals surface area contributed by atoms with Crippen LogP contribution in [-0.2, 0) is 6.54 Å². The number of rotatable bonds is 5. The van der Waals surface area contributed by atoms with Gasteiger partial charge in [-0.3, -0.25) is 4.79 Å². The molecule has 0 fully saturated rings. The number of methoxy groups -OCH3 is 1. The first-order valence-electron chi connectivity index (χ1n) is 7.31. The zero-order valence-electron chi connectivity index (χ0n) is 13.7. The normalized spacial score (nSPS) is 11.0. The third-order valence-electron chi connectivity index (χ3n) is 3.71. The topological polar surface area (TPSA) is 55.6 Å². The summed E-state index contributed by atoms with van der Waals surface area (Å²) in [5.41, 5.74) is 6.39. The van der Waals surface area contributed by atoms with Gasteiger partial charge in [0, 0.05) is 29.1 Å². The molecule has 6 heteroatoms. The largest absolute Gasteiger partial charge is 0.496 e. The van der Waals surface area contributed by atoms with E-state index in [1.54, 1.807) is 25.5 Å². The molecule has 0 spiro atoms. The Morgan fingerprint density at radius 1 is 1.39 bits per heavy atom. The number of hydrazone groups is 1. The second-order valence-electron chi connectivity index (χ2n) is 5.12. The molecule has 1 amide bonds. The van der Waals surface area contributed by atoms with Gasteiger partial charge in [-0.05, 0) is 67.6 Å². The molecule has 1 N–H and O–H groups in total. The van der Waals surface area contributed by atoms with E-state index < -0.39 is 0 Å². The maximum absolute atomic E-state index is 12.1. The number of benzene rings is 1. The average Bonchev–Trinajstić information content (AvgIpc) is 2.81. The van der Waals surface area contributed by atoms with E-state index in [1.165, 1.54) is 5.69 Å². The van der Waals surface area contributed by atoms with Crippen molar-refractivity contribution in [1.82, 2.24) is 9.99 Å². The Morgan fingerprint density at radius 2 is 2.13 bits per heavy atom. The molecule has 23 heavy (non-hydrogen) atoms. The van der Waals surface area contributed by atoms with Gasteiger partial charge in [-0.2, -0.15) is 5.10 Å². The maximum atomic E-state index is 12.1. The standard InChI is InChI=1S/C17H20IN3O2/c1-5-21-11(2)8-14(12(21)3)10-19-20-17(22)13-6-7-15(18)16(9-13)23-4/h6-10H,5H2,1-4H3,(H,20,22)/b19-10+. The lowest BCUT2D eigenvalue weighted by Gasteiger charge is -2.06. The van der Waals surface area contributed by atoms with Crippen LogP contribution in [0.2, 0.25) is 0 Å². The molecular weight excluding hydrogens is 405 g/mol. The van der Waals surface area contributed by atoms with Gasteiger partial charge in [-0.15, -0.1) is 0 Å². The highest BCUT2D eigenvalue weighted by atomic mass is 127. The van der Waals surface area contributed by atoms with Crippen LogP contribution < -0.4 is 10.2 Å². The fourth-order valence-corrected chi connectivity index (χ4v) is 3.03. The van der Waals surface area contributed by atoms with Gasteiger partial charge in [0.1, 0.15) is 5.75 Å². The Labute approximate surface area is 149 Å². The number of nitrogens with zero attached hydrogens (tertiary/aromatic N) is 2. The Bertz CT molecular complexity index is 751. The van der Waals surface area contributed by atoms with Crippen molar-refractivity contribution in [2.45, 2.75) is 27.3 Å². The fourth-order valence-electron chi connectivity index (χ4n) is 2.47. The lowest BCUT2D eigenvalue weighted by atomic mass is 10.2. The number of hydrogen-bond acceptors (Lipinski definition) is 3. The third kappa shape index (κ3) is 3.93. The Hall–Kier alpha value is -1.83. The SMILES string of the molecule is CCn1c(C)cc(/C=N/NC(=O)c2ccc(I)c(OC)c2)c1C. The van der Waals surface area contributed by atoms with Gasteiger partial charge in [-0.1, -0.05) is 0 Å². The molecule has 0 atom stereocenters. The van der Waals surface area contributed by atoms with Crippen molar-refractivity contribution >= 4 is 34.7 Å². The summed E-state index contributed by atoms with van der Waals surface area (Å²) in [7, 11) is 1.58. The second kappa shape index (κ2) is 7.63. The van der Waals surface area contributed by atoms with Crippen molar-refractivity contribution in [3.63, 3.8) is 0 Å². The predicted octanol–water partition coefficient (Wildman–Crippen LogP) is 3.50. The number of amides is 1. The molecule has 5 nitrogen and oxygen atoms in total. The average molecular weight is 425 g/mol. The molecule has 0 aliphatic heterocycles. The number of aromatic nitrogens is 1. The lowest BCUT2D eigenvalue weighted by molar-refractivity contribution is 0.0954. The quantitative estimate of drug-likeness (QED) is 0.453. The molecule has 0 unspecified atom stereocenters. The number of carbonyl (C=O) groups excluding carboxylic acids is 1. The van der Waals surface area contributed by atoms with Crippen LogP contribution in [0, 0.1) is 17.4 Å². The van der Waals surface area contributed by atoms with Gasteiger partial charge in [-0.25, -0.2) is 5.43 Å². The van der Waals surface area contributed by atoms with Crippen molar-refractivity contribution in [2.75, 3.05) is 7.11 Å². The molecule has 0 saturated heterocycles. The van der Waals surface area contributed by atoms with E-state index in [0.29, 0.717) is 11.3 Å². The van der Waals surface area contributed by atoms with E-state index >= 15 is 0 Å². The molecular formula is C17H20IN3O2. The summed E-state index contributed by atoms with van der Waals surface area (Å²) in [6, 6.07) is 7.35. The van der Waals surface area contributed by atoms with E-state index in [0.717, 1.165) is 21.4 Å². The Kier molecular flexibility index (Phi) is 5.81. The van der Waals surface area contributed by atoms with Crippen LogP contribution in [0.5, 0.6) is 5.75 Å². The number of halogens is 1. The van der Waals surface area contributed by atoms with Crippen LogP contribution >= 0.6 is 22.6 Å². The van der Waals surface area contributed by atoms with Crippen LogP contribution in [0.25, 0.3) is 0 Å². The molecule has 1 aromatic carbocycles. The minimum absolute atomic E-state index is 0.264. The monoisotopic (exact) mass is 425 g/mol. The summed E-state index contributed by atoms with van der Waals surface area (Å²) in [6.45, 7) is 7.13. The smallest absolute Gasteiger partial charge is 0.271 e. The molecule has 0 radical (unpaired) electrons. The van der Waals surface area contributed by atoms with E-state index in [4.69, 9.17) is 4.74 Å². The predicted molar refractivity (Wildman–Crippen MR) is 100 cm³/mol. The summed E-state index contributed by atoms with van der Waals surface area (Å²) < 4.78 is 8.38. The Balaban J connectivity index is 2.10. The van der Waals surface area contributed by atoms with Crippen LogP contribution in [0.3, 0.4) is 0 Å². The maximum Gasteiger partial charge on any atom is 0.271 e. The molecule has 0 saturated carbocycles. The minimum atomic E-state index is -0.264. The van der Waals surface area contributed by atoms with E-state index in [2.05, 4.69) is 57.6 Å². The van der Waals surface area contributed by atoms with Gasteiger partial charge in [0.05, 0.1) is 16.9 Å². The first kappa shape index (κ1) is 17.5.